The fourth-order valence-corrected chi connectivity index (χ4v) is 3.81. The van der Waals surface area contributed by atoms with Gasteiger partial charge < -0.3 is 20.1 Å². The van der Waals surface area contributed by atoms with Crippen LogP contribution >= 0.6 is 0 Å². The number of piperazine rings is 1. The molecule has 6 nitrogen and oxygen atoms in total. The summed E-state index contributed by atoms with van der Waals surface area (Å²) in [5.41, 5.74) is 5.40. The molecule has 0 spiro atoms. The van der Waals surface area contributed by atoms with Gasteiger partial charge in [-0.25, -0.2) is 4.98 Å². The summed E-state index contributed by atoms with van der Waals surface area (Å²) < 4.78 is 2.12. The molecule has 1 saturated heterocycles. The molecule has 0 bridgehead atoms. The molecule has 1 fully saturated rings. The van der Waals surface area contributed by atoms with Gasteiger partial charge >= 0.3 is 0 Å². The Morgan fingerprint density at radius 3 is 2.45 bits per heavy atom. The molecule has 2 N–H and O–H groups in total. The number of anilines is 3. The lowest BCUT2D eigenvalue weighted by Gasteiger charge is -2.29. The van der Waals surface area contributed by atoms with E-state index in [9.17, 15) is 0 Å². The second-order valence-corrected chi connectivity index (χ2v) is 7.36. The van der Waals surface area contributed by atoms with Gasteiger partial charge in [0.25, 0.3) is 0 Å². The van der Waals surface area contributed by atoms with Gasteiger partial charge in [-0.15, -0.1) is 0 Å². The number of hydrogen-bond acceptors (Lipinski definition) is 5. The predicted molar refractivity (Wildman–Crippen MR) is 118 cm³/mol. The summed E-state index contributed by atoms with van der Waals surface area (Å²) in [6.07, 6.45) is 4.01. The second-order valence-electron chi connectivity index (χ2n) is 7.36. The molecule has 2 aromatic carbocycles. The van der Waals surface area contributed by atoms with Gasteiger partial charge in [-0.05, 0) is 48.9 Å². The van der Waals surface area contributed by atoms with Crippen LogP contribution in [-0.4, -0.2) is 40.7 Å². The number of fused-ring (bicyclic) bond motifs is 1. The average Bonchev–Trinajstić information content (AvgIpc) is 3.11. The number of aryl methyl sites for hydroxylation is 1. The maximum atomic E-state index is 4.80. The topological polar surface area (TPSA) is 58.0 Å². The lowest BCUT2D eigenvalue weighted by Crippen LogP contribution is -2.43. The third-order valence-corrected chi connectivity index (χ3v) is 5.38. The third-order valence-electron chi connectivity index (χ3n) is 5.38. The van der Waals surface area contributed by atoms with Crippen molar-refractivity contribution in [1.29, 1.82) is 0 Å². The summed E-state index contributed by atoms with van der Waals surface area (Å²) in [6.45, 7) is 6.25. The van der Waals surface area contributed by atoms with Crippen molar-refractivity contribution in [2.75, 3.05) is 36.4 Å². The Labute approximate surface area is 170 Å². The van der Waals surface area contributed by atoms with Gasteiger partial charge in [0, 0.05) is 61.0 Å². The van der Waals surface area contributed by atoms with Gasteiger partial charge in [-0.3, -0.25) is 0 Å². The van der Waals surface area contributed by atoms with Crippen molar-refractivity contribution in [3.8, 4) is 5.69 Å². The molecule has 0 unspecified atom stereocenters. The molecule has 6 heteroatoms. The minimum Gasteiger partial charge on any atom is -0.369 e. The molecule has 0 amide bonds. The van der Waals surface area contributed by atoms with E-state index in [1.807, 2.05) is 24.4 Å². The number of nitrogens with zero attached hydrogens (tertiary/aromatic N) is 4. The van der Waals surface area contributed by atoms with Gasteiger partial charge in [0.1, 0.15) is 5.65 Å². The fraction of sp³-hybridized carbons (Fsp3) is 0.217. The summed E-state index contributed by atoms with van der Waals surface area (Å²) in [4.78, 5) is 11.7. The molecule has 29 heavy (non-hydrogen) atoms. The lowest BCUT2D eigenvalue weighted by atomic mass is 10.2. The molecule has 4 aromatic rings. The van der Waals surface area contributed by atoms with Crippen LogP contribution < -0.4 is 15.5 Å². The summed E-state index contributed by atoms with van der Waals surface area (Å²) in [5.74, 6) is 0.600. The van der Waals surface area contributed by atoms with Crippen LogP contribution in [0.15, 0.2) is 67.0 Å². The molecule has 146 valence electrons. The molecular formula is C23H24N6. The van der Waals surface area contributed by atoms with Crippen molar-refractivity contribution in [3.63, 3.8) is 0 Å². The van der Waals surface area contributed by atoms with Gasteiger partial charge in [0.05, 0.1) is 0 Å². The van der Waals surface area contributed by atoms with Crippen molar-refractivity contribution in [1.82, 2.24) is 19.9 Å². The minimum absolute atomic E-state index is 0.600. The van der Waals surface area contributed by atoms with E-state index in [2.05, 4.69) is 74.6 Å². The van der Waals surface area contributed by atoms with E-state index in [1.54, 1.807) is 0 Å². The second kappa shape index (κ2) is 7.56. The van der Waals surface area contributed by atoms with Gasteiger partial charge in [-0.2, -0.15) is 4.98 Å². The zero-order valence-electron chi connectivity index (χ0n) is 16.5. The molecule has 0 radical (unpaired) electrons. The summed E-state index contributed by atoms with van der Waals surface area (Å²) in [6, 6.07) is 18.8. The molecular weight excluding hydrogens is 360 g/mol. The SMILES string of the molecule is Cc1cn(-c2ccccc2)c2nc(Nc3ccc(N4CCNCC4)cc3)ncc12. The van der Waals surface area contributed by atoms with Crippen molar-refractivity contribution in [2.45, 2.75) is 6.92 Å². The zero-order chi connectivity index (χ0) is 19.6. The summed E-state index contributed by atoms with van der Waals surface area (Å²) >= 11 is 0. The molecule has 0 saturated carbocycles. The number of nitrogens with one attached hydrogen (secondary N) is 2. The number of rotatable bonds is 4. The van der Waals surface area contributed by atoms with Crippen LogP contribution in [0.25, 0.3) is 16.7 Å². The summed E-state index contributed by atoms with van der Waals surface area (Å²) in [5, 5.41) is 7.80. The molecule has 5 rings (SSSR count). The fourth-order valence-electron chi connectivity index (χ4n) is 3.81. The van der Waals surface area contributed by atoms with Crippen LogP contribution in [0, 0.1) is 6.92 Å². The Hall–Kier alpha value is -3.38. The third kappa shape index (κ3) is 3.54. The molecule has 0 atom stereocenters. The highest BCUT2D eigenvalue weighted by atomic mass is 15.2. The number of para-hydroxylation sites is 1. The standard InChI is InChI=1S/C23H24N6/c1-17-16-29(20-5-3-2-4-6-20)22-21(17)15-25-23(27-22)26-18-7-9-19(10-8-18)28-13-11-24-12-14-28/h2-10,15-16,24H,11-14H2,1H3,(H,25,26,27). The first kappa shape index (κ1) is 17.7. The van der Waals surface area contributed by atoms with E-state index in [0.717, 1.165) is 54.2 Å². The van der Waals surface area contributed by atoms with Crippen molar-refractivity contribution >= 4 is 28.4 Å². The first-order valence-corrected chi connectivity index (χ1v) is 10.0. The normalized spacial score (nSPS) is 14.3. The van der Waals surface area contributed by atoms with Crippen molar-refractivity contribution in [3.05, 3.63) is 72.6 Å². The number of benzene rings is 2. The van der Waals surface area contributed by atoms with Crippen molar-refractivity contribution < 1.29 is 0 Å². The quantitative estimate of drug-likeness (QED) is 0.559. The largest absolute Gasteiger partial charge is 0.369 e. The number of hydrogen-bond donors (Lipinski definition) is 2. The molecule has 1 aliphatic rings. The van der Waals surface area contributed by atoms with E-state index in [-0.39, 0.29) is 0 Å². The average molecular weight is 384 g/mol. The van der Waals surface area contributed by atoms with Crippen molar-refractivity contribution in [2.24, 2.45) is 0 Å². The predicted octanol–water partition coefficient (Wildman–Crippen LogP) is 3.88. The summed E-state index contributed by atoms with van der Waals surface area (Å²) in [7, 11) is 0. The highest BCUT2D eigenvalue weighted by Gasteiger charge is 2.12. The first-order valence-electron chi connectivity index (χ1n) is 10.0. The van der Waals surface area contributed by atoms with Gasteiger partial charge in [0.2, 0.25) is 5.95 Å². The van der Waals surface area contributed by atoms with Gasteiger partial charge in [-0.1, -0.05) is 18.2 Å². The van der Waals surface area contributed by atoms with Crippen LogP contribution in [0.3, 0.4) is 0 Å². The molecule has 2 aromatic heterocycles. The molecule has 3 heterocycles. The Morgan fingerprint density at radius 1 is 0.931 bits per heavy atom. The van der Waals surface area contributed by atoms with E-state index < -0.39 is 0 Å². The highest BCUT2D eigenvalue weighted by molar-refractivity contribution is 5.82. The first-order chi connectivity index (χ1) is 14.3. The Kier molecular flexibility index (Phi) is 4.62. The van der Waals surface area contributed by atoms with Crippen LogP contribution in [0.1, 0.15) is 5.56 Å². The van der Waals surface area contributed by atoms with Crippen LogP contribution in [-0.2, 0) is 0 Å². The minimum atomic E-state index is 0.600. The monoisotopic (exact) mass is 384 g/mol. The lowest BCUT2D eigenvalue weighted by molar-refractivity contribution is 0.589. The highest BCUT2D eigenvalue weighted by Crippen LogP contribution is 2.25. The van der Waals surface area contributed by atoms with Crippen LogP contribution in [0.4, 0.5) is 17.3 Å². The van der Waals surface area contributed by atoms with E-state index in [1.165, 1.54) is 5.69 Å². The maximum absolute atomic E-state index is 4.80. The Bertz CT molecular complexity index is 1110. The van der Waals surface area contributed by atoms with E-state index in [4.69, 9.17) is 4.98 Å². The van der Waals surface area contributed by atoms with Crippen LogP contribution in [0.5, 0.6) is 0 Å². The molecule has 0 aliphatic carbocycles. The smallest absolute Gasteiger partial charge is 0.229 e. The Morgan fingerprint density at radius 2 is 1.69 bits per heavy atom. The zero-order valence-corrected chi connectivity index (χ0v) is 16.5. The van der Waals surface area contributed by atoms with Gasteiger partial charge in [0.15, 0.2) is 0 Å². The maximum Gasteiger partial charge on any atom is 0.229 e. The van der Waals surface area contributed by atoms with E-state index >= 15 is 0 Å². The van der Waals surface area contributed by atoms with Crippen LogP contribution in [0.2, 0.25) is 0 Å². The number of aromatic nitrogens is 3. The molecule has 1 aliphatic heterocycles. The van der Waals surface area contributed by atoms with E-state index in [0.29, 0.717) is 5.95 Å². The Balaban J connectivity index is 1.42.